The van der Waals surface area contributed by atoms with E-state index in [9.17, 15) is 8.42 Å². The molecule has 0 bridgehead atoms. The van der Waals surface area contributed by atoms with E-state index in [0.29, 0.717) is 5.92 Å². The third-order valence-corrected chi connectivity index (χ3v) is 4.92. The smallest absolute Gasteiger partial charge is 0.214 e. The van der Waals surface area contributed by atoms with Gasteiger partial charge in [0.15, 0.2) is 0 Å². The predicted molar refractivity (Wildman–Crippen MR) is 60.2 cm³/mol. The van der Waals surface area contributed by atoms with Crippen molar-refractivity contribution in [1.29, 1.82) is 0 Å². The van der Waals surface area contributed by atoms with Crippen molar-refractivity contribution in [3.8, 4) is 0 Å². The molecule has 1 aromatic rings. The molecule has 1 aromatic carbocycles. The Hall–Kier alpha value is -0.870. The fourth-order valence-corrected chi connectivity index (χ4v) is 3.29. The minimum atomic E-state index is -3.05. The Balaban J connectivity index is 2.00. The standard InChI is InChI=1S/C11H15NO2S/c1-12-15(13,14)11-7-10(8-11)9-5-3-2-4-6-9/h2-6,10-12H,7-8H2,1H3. The summed E-state index contributed by atoms with van der Waals surface area (Å²) in [6, 6.07) is 10.1. The average Bonchev–Trinajstić information content (AvgIpc) is 2.17. The molecular formula is C11H15NO2S. The lowest BCUT2D eigenvalue weighted by atomic mass is 9.79. The van der Waals surface area contributed by atoms with Crippen molar-refractivity contribution in [2.75, 3.05) is 7.05 Å². The summed E-state index contributed by atoms with van der Waals surface area (Å²) in [5.74, 6) is 0.416. The summed E-state index contributed by atoms with van der Waals surface area (Å²) in [6.45, 7) is 0. The van der Waals surface area contributed by atoms with Crippen LogP contribution < -0.4 is 4.72 Å². The average molecular weight is 225 g/mol. The second-order valence-corrected chi connectivity index (χ2v) is 6.12. The van der Waals surface area contributed by atoms with Gasteiger partial charge < -0.3 is 0 Å². The minimum Gasteiger partial charge on any atom is -0.218 e. The summed E-state index contributed by atoms with van der Waals surface area (Å²) in [6.07, 6.45) is 1.49. The van der Waals surface area contributed by atoms with Crippen molar-refractivity contribution in [2.24, 2.45) is 0 Å². The molecule has 0 spiro atoms. The number of rotatable bonds is 3. The van der Waals surface area contributed by atoms with Gasteiger partial charge in [0.25, 0.3) is 0 Å². The first-order valence-corrected chi connectivity index (χ1v) is 6.65. The van der Waals surface area contributed by atoms with Crippen molar-refractivity contribution >= 4 is 10.0 Å². The SMILES string of the molecule is CNS(=O)(=O)C1CC(c2ccccc2)C1. The van der Waals surface area contributed by atoms with Gasteiger partial charge in [0.05, 0.1) is 5.25 Å². The number of benzene rings is 1. The largest absolute Gasteiger partial charge is 0.218 e. The van der Waals surface area contributed by atoms with Gasteiger partial charge in [-0.1, -0.05) is 30.3 Å². The zero-order valence-electron chi connectivity index (χ0n) is 8.68. The lowest BCUT2D eigenvalue weighted by Crippen LogP contribution is -2.40. The van der Waals surface area contributed by atoms with Crippen LogP contribution in [0.3, 0.4) is 0 Å². The molecule has 2 rings (SSSR count). The molecule has 0 amide bonds. The van der Waals surface area contributed by atoms with Crippen LogP contribution >= 0.6 is 0 Å². The van der Waals surface area contributed by atoms with E-state index in [2.05, 4.69) is 16.9 Å². The zero-order chi connectivity index (χ0) is 10.9. The van der Waals surface area contributed by atoms with E-state index in [-0.39, 0.29) is 5.25 Å². The fourth-order valence-electron chi connectivity index (χ4n) is 1.98. The first-order chi connectivity index (χ1) is 7.13. The molecule has 4 heteroatoms. The van der Waals surface area contributed by atoms with E-state index in [1.807, 2.05) is 18.2 Å². The summed E-state index contributed by atoms with van der Waals surface area (Å²) >= 11 is 0. The summed E-state index contributed by atoms with van der Waals surface area (Å²) in [7, 11) is -1.58. The Kier molecular flexibility index (Phi) is 2.80. The van der Waals surface area contributed by atoms with Gasteiger partial charge in [-0.05, 0) is 31.4 Å². The Bertz CT molecular complexity index is 421. The van der Waals surface area contributed by atoms with E-state index < -0.39 is 10.0 Å². The molecule has 0 atom stereocenters. The first-order valence-electron chi connectivity index (χ1n) is 5.11. The molecule has 0 radical (unpaired) electrons. The second kappa shape index (κ2) is 3.94. The lowest BCUT2D eigenvalue weighted by molar-refractivity contribution is 0.408. The van der Waals surface area contributed by atoms with Crippen LogP contribution in [0, 0.1) is 0 Å². The molecule has 0 unspecified atom stereocenters. The predicted octanol–water partition coefficient (Wildman–Crippen LogP) is 1.48. The van der Waals surface area contributed by atoms with Gasteiger partial charge in [-0.2, -0.15) is 0 Å². The monoisotopic (exact) mass is 225 g/mol. The molecule has 1 N–H and O–H groups in total. The van der Waals surface area contributed by atoms with Gasteiger partial charge in [-0.25, -0.2) is 13.1 Å². The van der Waals surface area contributed by atoms with Crippen molar-refractivity contribution in [2.45, 2.75) is 24.0 Å². The van der Waals surface area contributed by atoms with E-state index in [1.165, 1.54) is 12.6 Å². The highest BCUT2D eigenvalue weighted by molar-refractivity contribution is 7.90. The Morgan fingerprint density at radius 2 is 1.80 bits per heavy atom. The maximum Gasteiger partial charge on any atom is 0.214 e. The fraction of sp³-hybridized carbons (Fsp3) is 0.455. The summed E-state index contributed by atoms with van der Waals surface area (Å²) in [5, 5.41) is -0.201. The topological polar surface area (TPSA) is 46.2 Å². The molecule has 15 heavy (non-hydrogen) atoms. The van der Waals surface area contributed by atoms with Crippen LogP contribution in [0.2, 0.25) is 0 Å². The van der Waals surface area contributed by atoms with Crippen LogP contribution in [0.25, 0.3) is 0 Å². The normalized spacial score (nSPS) is 25.9. The van der Waals surface area contributed by atoms with E-state index in [1.54, 1.807) is 0 Å². The number of hydrogen-bond donors (Lipinski definition) is 1. The van der Waals surface area contributed by atoms with E-state index in [0.717, 1.165) is 12.8 Å². The van der Waals surface area contributed by atoms with Gasteiger partial charge in [0.1, 0.15) is 0 Å². The van der Waals surface area contributed by atoms with Gasteiger partial charge in [-0.15, -0.1) is 0 Å². The zero-order valence-corrected chi connectivity index (χ0v) is 9.50. The third-order valence-electron chi connectivity index (χ3n) is 3.09. The first kappa shape index (κ1) is 10.6. The van der Waals surface area contributed by atoms with Crippen molar-refractivity contribution < 1.29 is 8.42 Å². The molecule has 1 aliphatic rings. The van der Waals surface area contributed by atoms with Crippen LogP contribution in [-0.2, 0) is 10.0 Å². The number of sulfonamides is 1. The quantitative estimate of drug-likeness (QED) is 0.847. The highest BCUT2D eigenvalue weighted by atomic mass is 32.2. The molecule has 0 aromatic heterocycles. The van der Waals surface area contributed by atoms with Crippen LogP contribution in [0.5, 0.6) is 0 Å². The van der Waals surface area contributed by atoms with Crippen LogP contribution in [0.4, 0.5) is 0 Å². The Morgan fingerprint density at radius 3 is 2.33 bits per heavy atom. The molecule has 3 nitrogen and oxygen atoms in total. The molecular weight excluding hydrogens is 210 g/mol. The van der Waals surface area contributed by atoms with E-state index in [4.69, 9.17) is 0 Å². The Morgan fingerprint density at radius 1 is 1.20 bits per heavy atom. The minimum absolute atomic E-state index is 0.201. The second-order valence-electron chi connectivity index (χ2n) is 3.95. The molecule has 1 saturated carbocycles. The molecule has 82 valence electrons. The van der Waals surface area contributed by atoms with Crippen LogP contribution in [-0.4, -0.2) is 20.7 Å². The van der Waals surface area contributed by atoms with Crippen molar-refractivity contribution in [1.82, 2.24) is 4.72 Å². The molecule has 0 saturated heterocycles. The van der Waals surface area contributed by atoms with Crippen LogP contribution in [0.1, 0.15) is 24.3 Å². The Labute approximate surface area is 90.6 Å². The van der Waals surface area contributed by atoms with E-state index >= 15 is 0 Å². The van der Waals surface area contributed by atoms with Crippen LogP contribution in [0.15, 0.2) is 30.3 Å². The molecule has 0 aliphatic heterocycles. The molecule has 1 fully saturated rings. The molecule has 0 heterocycles. The highest BCUT2D eigenvalue weighted by Crippen LogP contribution is 2.40. The summed E-state index contributed by atoms with van der Waals surface area (Å²) in [5.41, 5.74) is 1.25. The summed E-state index contributed by atoms with van der Waals surface area (Å²) in [4.78, 5) is 0. The lowest BCUT2D eigenvalue weighted by Gasteiger charge is -2.34. The number of nitrogens with one attached hydrogen (secondary N) is 1. The molecule has 1 aliphatic carbocycles. The van der Waals surface area contributed by atoms with Gasteiger partial charge in [0.2, 0.25) is 10.0 Å². The van der Waals surface area contributed by atoms with Gasteiger partial charge >= 0.3 is 0 Å². The highest BCUT2D eigenvalue weighted by Gasteiger charge is 2.38. The summed E-state index contributed by atoms with van der Waals surface area (Å²) < 4.78 is 25.3. The van der Waals surface area contributed by atoms with Gasteiger partial charge in [-0.3, -0.25) is 0 Å². The third kappa shape index (κ3) is 2.06. The maximum atomic E-state index is 11.4. The van der Waals surface area contributed by atoms with Crippen molar-refractivity contribution in [3.63, 3.8) is 0 Å². The number of hydrogen-bond acceptors (Lipinski definition) is 2. The van der Waals surface area contributed by atoms with Gasteiger partial charge in [0, 0.05) is 0 Å². The van der Waals surface area contributed by atoms with Crippen molar-refractivity contribution in [3.05, 3.63) is 35.9 Å². The maximum absolute atomic E-state index is 11.4.